The van der Waals surface area contributed by atoms with Gasteiger partial charge in [0.15, 0.2) is 0 Å². The summed E-state index contributed by atoms with van der Waals surface area (Å²) in [6.07, 6.45) is 1.68. The molecule has 0 radical (unpaired) electrons. The number of ether oxygens (including phenoxy) is 1. The molecule has 0 aromatic heterocycles. The summed E-state index contributed by atoms with van der Waals surface area (Å²) in [6.45, 7) is 7.21. The molecule has 1 unspecified atom stereocenters. The number of likely N-dealkylation sites (N-methyl/N-ethyl adjacent to an activating group) is 2. The lowest BCUT2D eigenvalue weighted by Crippen LogP contribution is -2.51. The summed E-state index contributed by atoms with van der Waals surface area (Å²) in [5.41, 5.74) is 4.77. The molecule has 0 saturated carbocycles. The van der Waals surface area contributed by atoms with Gasteiger partial charge >= 0.3 is 0 Å². The number of nitrogens with one attached hydrogen (secondary N) is 1. The van der Waals surface area contributed by atoms with Crippen LogP contribution < -0.4 is 11.1 Å². The van der Waals surface area contributed by atoms with E-state index >= 15 is 0 Å². The molecule has 17 heavy (non-hydrogen) atoms. The molecule has 0 spiro atoms. The van der Waals surface area contributed by atoms with E-state index in [2.05, 4.69) is 17.3 Å². The van der Waals surface area contributed by atoms with Gasteiger partial charge in [0.1, 0.15) is 0 Å². The van der Waals surface area contributed by atoms with Crippen molar-refractivity contribution in [3.8, 4) is 0 Å². The van der Waals surface area contributed by atoms with Crippen LogP contribution >= 0.6 is 0 Å². The van der Waals surface area contributed by atoms with Crippen molar-refractivity contribution < 1.29 is 9.53 Å². The molecule has 0 rings (SSSR count). The van der Waals surface area contributed by atoms with Crippen LogP contribution in [0.5, 0.6) is 0 Å². The highest BCUT2D eigenvalue weighted by Crippen LogP contribution is 2.11. The van der Waals surface area contributed by atoms with Gasteiger partial charge in [-0.1, -0.05) is 0 Å². The number of hydrogen-bond donors (Lipinski definition) is 2. The fourth-order valence-electron chi connectivity index (χ4n) is 1.55. The Morgan fingerprint density at radius 2 is 2.12 bits per heavy atom. The maximum atomic E-state index is 11.3. The summed E-state index contributed by atoms with van der Waals surface area (Å²) in [5.74, 6) is -0.294. The molecule has 0 aliphatic carbocycles. The second-order valence-electron chi connectivity index (χ2n) is 4.55. The van der Waals surface area contributed by atoms with E-state index < -0.39 is 5.54 Å². The lowest BCUT2D eigenvalue weighted by Gasteiger charge is -2.26. The van der Waals surface area contributed by atoms with Gasteiger partial charge in [0.25, 0.3) is 0 Å². The van der Waals surface area contributed by atoms with Gasteiger partial charge in [-0.25, -0.2) is 0 Å². The summed E-state index contributed by atoms with van der Waals surface area (Å²) < 4.78 is 5.28. The predicted octanol–water partition coefficient (Wildman–Crippen LogP) is 0.198. The number of carbonyl (C=O) groups excluding carboxylic acids is 1. The average molecular weight is 245 g/mol. The van der Waals surface area contributed by atoms with Gasteiger partial charge in [-0.05, 0) is 47.3 Å². The van der Waals surface area contributed by atoms with E-state index in [0.29, 0.717) is 0 Å². The number of rotatable bonds is 10. The minimum absolute atomic E-state index is 0.294. The molecule has 0 aromatic rings. The Balaban J connectivity index is 3.77. The normalized spacial score (nSPS) is 14.9. The fourth-order valence-corrected chi connectivity index (χ4v) is 1.55. The number of nitrogens with two attached hydrogens (primary N) is 1. The SMILES string of the molecule is CCOCCN(C)CCCC(C)(NC)C(N)=O. The molecule has 0 fully saturated rings. The van der Waals surface area contributed by atoms with Gasteiger partial charge in [0.2, 0.25) is 5.91 Å². The number of carbonyl (C=O) groups is 1. The first kappa shape index (κ1) is 16.4. The molecule has 3 N–H and O–H groups in total. The molecule has 0 bridgehead atoms. The number of primary amides is 1. The van der Waals surface area contributed by atoms with Gasteiger partial charge in [0, 0.05) is 13.2 Å². The molecule has 0 aromatic carbocycles. The topological polar surface area (TPSA) is 67.6 Å². The Hall–Kier alpha value is -0.650. The van der Waals surface area contributed by atoms with Crippen LogP contribution in [0.2, 0.25) is 0 Å². The van der Waals surface area contributed by atoms with Crippen LogP contribution in [0.4, 0.5) is 0 Å². The first-order valence-corrected chi connectivity index (χ1v) is 6.21. The molecule has 1 amide bonds. The lowest BCUT2D eigenvalue weighted by atomic mass is 9.95. The minimum Gasteiger partial charge on any atom is -0.380 e. The van der Waals surface area contributed by atoms with E-state index in [1.54, 1.807) is 7.05 Å². The van der Waals surface area contributed by atoms with E-state index in [1.165, 1.54) is 0 Å². The molecule has 0 heterocycles. The van der Waals surface area contributed by atoms with Crippen LogP contribution in [0.15, 0.2) is 0 Å². The molecule has 0 aliphatic heterocycles. The van der Waals surface area contributed by atoms with Crippen molar-refractivity contribution in [3.05, 3.63) is 0 Å². The third-order valence-electron chi connectivity index (χ3n) is 3.13. The molecule has 102 valence electrons. The Bertz CT molecular complexity index is 224. The van der Waals surface area contributed by atoms with Crippen LogP contribution in [-0.4, -0.2) is 56.7 Å². The van der Waals surface area contributed by atoms with E-state index in [-0.39, 0.29) is 5.91 Å². The van der Waals surface area contributed by atoms with Gasteiger partial charge in [-0.2, -0.15) is 0 Å². The largest absolute Gasteiger partial charge is 0.380 e. The molecule has 0 saturated heterocycles. The monoisotopic (exact) mass is 245 g/mol. The molecule has 5 nitrogen and oxygen atoms in total. The smallest absolute Gasteiger partial charge is 0.237 e. The van der Waals surface area contributed by atoms with E-state index in [0.717, 1.165) is 39.1 Å². The third-order valence-corrected chi connectivity index (χ3v) is 3.13. The summed E-state index contributed by atoms with van der Waals surface area (Å²) in [6, 6.07) is 0. The zero-order valence-corrected chi connectivity index (χ0v) is 11.6. The number of nitrogens with zero attached hydrogens (tertiary/aromatic N) is 1. The van der Waals surface area contributed by atoms with Crippen LogP contribution in [0.25, 0.3) is 0 Å². The summed E-state index contributed by atoms with van der Waals surface area (Å²) in [7, 11) is 3.82. The fraction of sp³-hybridized carbons (Fsp3) is 0.917. The van der Waals surface area contributed by atoms with Crippen molar-refractivity contribution in [3.63, 3.8) is 0 Å². The van der Waals surface area contributed by atoms with E-state index in [4.69, 9.17) is 10.5 Å². The van der Waals surface area contributed by atoms with Crippen molar-refractivity contribution in [1.82, 2.24) is 10.2 Å². The first-order chi connectivity index (χ1) is 7.96. The summed E-state index contributed by atoms with van der Waals surface area (Å²) >= 11 is 0. The minimum atomic E-state index is -0.596. The molecular formula is C12H27N3O2. The van der Waals surface area contributed by atoms with Crippen molar-refractivity contribution >= 4 is 5.91 Å². The molecular weight excluding hydrogens is 218 g/mol. The van der Waals surface area contributed by atoms with E-state index in [9.17, 15) is 4.79 Å². The van der Waals surface area contributed by atoms with Gasteiger partial charge < -0.3 is 20.7 Å². The van der Waals surface area contributed by atoms with Gasteiger partial charge in [-0.3, -0.25) is 4.79 Å². The van der Waals surface area contributed by atoms with Crippen LogP contribution in [0, 0.1) is 0 Å². The highest BCUT2D eigenvalue weighted by molar-refractivity contribution is 5.84. The van der Waals surface area contributed by atoms with Crippen LogP contribution in [0.3, 0.4) is 0 Å². The third kappa shape index (κ3) is 6.61. The van der Waals surface area contributed by atoms with Crippen LogP contribution in [-0.2, 0) is 9.53 Å². The number of hydrogen-bond acceptors (Lipinski definition) is 4. The Morgan fingerprint density at radius 1 is 1.47 bits per heavy atom. The second kappa shape index (κ2) is 8.44. The summed E-state index contributed by atoms with van der Waals surface area (Å²) in [4.78, 5) is 13.5. The molecule has 5 heteroatoms. The van der Waals surface area contributed by atoms with Crippen LogP contribution in [0.1, 0.15) is 26.7 Å². The maximum Gasteiger partial charge on any atom is 0.237 e. The summed E-state index contributed by atoms with van der Waals surface area (Å²) in [5, 5.41) is 2.99. The highest BCUT2D eigenvalue weighted by Gasteiger charge is 2.28. The number of amides is 1. The van der Waals surface area contributed by atoms with Gasteiger partial charge in [-0.15, -0.1) is 0 Å². The average Bonchev–Trinajstić information content (AvgIpc) is 2.29. The van der Waals surface area contributed by atoms with Gasteiger partial charge in [0.05, 0.1) is 12.1 Å². The standard InChI is InChI=1S/C12H27N3O2/c1-5-17-10-9-15(4)8-6-7-12(2,14-3)11(13)16/h14H,5-10H2,1-4H3,(H2,13,16). The Kier molecular flexibility index (Phi) is 8.12. The maximum absolute atomic E-state index is 11.3. The molecule has 0 aliphatic rings. The quantitative estimate of drug-likeness (QED) is 0.540. The zero-order valence-electron chi connectivity index (χ0n) is 11.6. The zero-order chi connectivity index (χ0) is 13.3. The van der Waals surface area contributed by atoms with Crippen molar-refractivity contribution in [2.45, 2.75) is 32.2 Å². The lowest BCUT2D eigenvalue weighted by molar-refractivity contribution is -0.123. The predicted molar refractivity (Wildman–Crippen MR) is 69.9 cm³/mol. The first-order valence-electron chi connectivity index (χ1n) is 6.21. The highest BCUT2D eigenvalue weighted by atomic mass is 16.5. The van der Waals surface area contributed by atoms with E-state index in [1.807, 2.05) is 13.8 Å². The Morgan fingerprint density at radius 3 is 2.59 bits per heavy atom. The van der Waals surface area contributed by atoms with Crippen molar-refractivity contribution in [1.29, 1.82) is 0 Å². The van der Waals surface area contributed by atoms with Crippen molar-refractivity contribution in [2.24, 2.45) is 5.73 Å². The second-order valence-corrected chi connectivity index (χ2v) is 4.55. The molecule has 1 atom stereocenters. The Labute approximate surface area is 105 Å². The van der Waals surface area contributed by atoms with Crippen molar-refractivity contribution in [2.75, 3.05) is 40.4 Å².